The summed E-state index contributed by atoms with van der Waals surface area (Å²) < 4.78 is 0. The van der Waals surface area contributed by atoms with Gasteiger partial charge in [0.15, 0.2) is 0 Å². The van der Waals surface area contributed by atoms with Crippen molar-refractivity contribution in [2.45, 2.75) is 56.9 Å². The minimum absolute atomic E-state index is 0.462. The van der Waals surface area contributed by atoms with Gasteiger partial charge in [0, 0.05) is 17.1 Å². The molecule has 86 valence electrons. The molecule has 1 heterocycles. The lowest BCUT2D eigenvalue weighted by Gasteiger charge is -2.39. The van der Waals surface area contributed by atoms with Crippen LogP contribution in [0, 0.1) is 0 Å². The van der Waals surface area contributed by atoms with Crippen molar-refractivity contribution in [3.8, 4) is 0 Å². The monoisotopic (exact) mass is 215 g/mol. The molecule has 1 unspecified atom stereocenters. The molecule has 1 nitrogen and oxygen atoms in total. The Bertz CT molecular complexity index is 377. The fraction of sp³-hybridized carbons (Fsp3) is 0.600. The second-order valence-corrected chi connectivity index (χ2v) is 5.37. The molecule has 0 aromatic heterocycles. The third-order valence-corrected chi connectivity index (χ3v) is 4.61. The molecule has 1 aromatic rings. The number of para-hydroxylation sites is 1. The van der Waals surface area contributed by atoms with Gasteiger partial charge in [-0.25, -0.2) is 0 Å². The number of benzene rings is 1. The lowest BCUT2D eigenvalue weighted by Crippen LogP contribution is -2.40. The summed E-state index contributed by atoms with van der Waals surface area (Å²) in [5.74, 6) is 0. The van der Waals surface area contributed by atoms with E-state index < -0.39 is 0 Å². The van der Waals surface area contributed by atoms with Crippen LogP contribution in [0.1, 0.15) is 51.0 Å². The van der Waals surface area contributed by atoms with Gasteiger partial charge in [-0.3, -0.25) is 0 Å². The zero-order chi connectivity index (χ0) is 11.0. The molecule has 1 heteroatoms. The molecular weight excluding hydrogens is 194 g/mol. The van der Waals surface area contributed by atoms with E-state index in [1.165, 1.54) is 44.2 Å². The van der Waals surface area contributed by atoms with Gasteiger partial charge in [-0.1, -0.05) is 44.4 Å². The second kappa shape index (κ2) is 3.80. The van der Waals surface area contributed by atoms with Crippen LogP contribution in [0.2, 0.25) is 0 Å². The Labute approximate surface area is 98.3 Å². The van der Waals surface area contributed by atoms with Crippen LogP contribution in [0.5, 0.6) is 0 Å². The van der Waals surface area contributed by atoms with Crippen LogP contribution in [-0.2, 0) is 5.41 Å². The summed E-state index contributed by atoms with van der Waals surface area (Å²) in [5, 5.41) is 3.74. The summed E-state index contributed by atoms with van der Waals surface area (Å²) in [7, 11) is 0. The van der Waals surface area contributed by atoms with Gasteiger partial charge in [0.25, 0.3) is 0 Å². The Morgan fingerprint density at radius 2 is 1.94 bits per heavy atom. The van der Waals surface area contributed by atoms with Gasteiger partial charge < -0.3 is 5.32 Å². The van der Waals surface area contributed by atoms with Crippen molar-refractivity contribution in [1.82, 2.24) is 0 Å². The molecule has 1 aromatic carbocycles. The summed E-state index contributed by atoms with van der Waals surface area (Å²) in [6, 6.07) is 9.63. The van der Waals surface area contributed by atoms with Crippen LogP contribution in [0.3, 0.4) is 0 Å². The van der Waals surface area contributed by atoms with Crippen molar-refractivity contribution in [1.29, 1.82) is 0 Å². The molecule has 1 N–H and O–H groups in total. The first-order valence-electron chi connectivity index (χ1n) is 6.73. The Kier molecular flexibility index (Phi) is 2.42. The first-order valence-corrected chi connectivity index (χ1v) is 6.73. The Hall–Kier alpha value is -0.980. The SMILES string of the molecule is CCC1Nc2ccccc2C12CCCCC2. The molecule has 1 atom stereocenters. The average Bonchev–Trinajstić information content (AvgIpc) is 2.65. The first-order chi connectivity index (χ1) is 7.87. The maximum atomic E-state index is 3.74. The van der Waals surface area contributed by atoms with Crippen molar-refractivity contribution in [3.05, 3.63) is 29.8 Å². The maximum absolute atomic E-state index is 3.74. The van der Waals surface area contributed by atoms with E-state index in [-0.39, 0.29) is 0 Å². The van der Waals surface area contributed by atoms with Gasteiger partial charge in [-0.05, 0) is 30.9 Å². The van der Waals surface area contributed by atoms with Crippen LogP contribution in [0.25, 0.3) is 0 Å². The van der Waals surface area contributed by atoms with Crippen molar-refractivity contribution in [3.63, 3.8) is 0 Å². The average molecular weight is 215 g/mol. The Balaban J connectivity index is 2.06. The van der Waals surface area contributed by atoms with Crippen molar-refractivity contribution < 1.29 is 0 Å². The maximum Gasteiger partial charge on any atom is 0.0381 e. The van der Waals surface area contributed by atoms with Crippen LogP contribution in [0.4, 0.5) is 5.69 Å². The Morgan fingerprint density at radius 3 is 2.69 bits per heavy atom. The Morgan fingerprint density at radius 1 is 1.19 bits per heavy atom. The van der Waals surface area contributed by atoms with E-state index in [0.29, 0.717) is 11.5 Å². The second-order valence-electron chi connectivity index (χ2n) is 5.37. The van der Waals surface area contributed by atoms with Crippen molar-refractivity contribution in [2.24, 2.45) is 0 Å². The first kappa shape index (κ1) is 10.2. The lowest BCUT2D eigenvalue weighted by molar-refractivity contribution is 0.264. The molecular formula is C15H21N. The van der Waals surface area contributed by atoms with Crippen molar-refractivity contribution in [2.75, 3.05) is 5.32 Å². The van der Waals surface area contributed by atoms with Crippen LogP contribution in [-0.4, -0.2) is 6.04 Å². The van der Waals surface area contributed by atoms with Gasteiger partial charge in [0.05, 0.1) is 0 Å². The van der Waals surface area contributed by atoms with E-state index in [2.05, 4.69) is 36.5 Å². The minimum atomic E-state index is 0.462. The molecule has 1 aliphatic heterocycles. The van der Waals surface area contributed by atoms with Gasteiger partial charge in [0.2, 0.25) is 0 Å². The molecule has 0 radical (unpaired) electrons. The lowest BCUT2D eigenvalue weighted by atomic mass is 9.66. The van der Waals surface area contributed by atoms with Gasteiger partial charge in [-0.2, -0.15) is 0 Å². The number of rotatable bonds is 1. The van der Waals surface area contributed by atoms with Crippen LogP contribution >= 0.6 is 0 Å². The topological polar surface area (TPSA) is 12.0 Å². The molecule has 2 aliphatic rings. The third kappa shape index (κ3) is 1.30. The van der Waals surface area contributed by atoms with Crippen molar-refractivity contribution >= 4 is 5.69 Å². The van der Waals surface area contributed by atoms with Crippen LogP contribution in [0.15, 0.2) is 24.3 Å². The van der Waals surface area contributed by atoms with E-state index in [4.69, 9.17) is 0 Å². The number of hydrogen-bond acceptors (Lipinski definition) is 1. The smallest absolute Gasteiger partial charge is 0.0381 e. The minimum Gasteiger partial charge on any atom is -0.381 e. The van der Waals surface area contributed by atoms with Gasteiger partial charge in [-0.15, -0.1) is 0 Å². The summed E-state index contributed by atoms with van der Waals surface area (Å²) >= 11 is 0. The molecule has 16 heavy (non-hydrogen) atoms. The van der Waals surface area contributed by atoms with E-state index in [0.717, 1.165) is 0 Å². The molecule has 1 spiro atoms. The highest BCUT2D eigenvalue weighted by molar-refractivity contribution is 5.62. The number of fused-ring (bicyclic) bond motifs is 2. The molecule has 0 saturated heterocycles. The molecule has 0 amide bonds. The van der Waals surface area contributed by atoms with Crippen LogP contribution < -0.4 is 5.32 Å². The quantitative estimate of drug-likeness (QED) is 0.744. The zero-order valence-corrected chi connectivity index (χ0v) is 10.1. The predicted octanol–water partition coefficient (Wildman–Crippen LogP) is 4.09. The molecule has 1 saturated carbocycles. The number of hydrogen-bond donors (Lipinski definition) is 1. The number of anilines is 1. The van der Waals surface area contributed by atoms with Gasteiger partial charge in [0.1, 0.15) is 0 Å². The fourth-order valence-corrected chi connectivity index (χ4v) is 3.85. The van der Waals surface area contributed by atoms with Gasteiger partial charge >= 0.3 is 0 Å². The van der Waals surface area contributed by atoms with E-state index in [9.17, 15) is 0 Å². The van der Waals surface area contributed by atoms with E-state index in [1.54, 1.807) is 5.56 Å². The molecule has 3 rings (SSSR count). The molecule has 1 fully saturated rings. The summed E-state index contributed by atoms with van der Waals surface area (Å²) in [5.41, 5.74) is 3.46. The van der Waals surface area contributed by atoms with E-state index in [1.807, 2.05) is 0 Å². The highest BCUT2D eigenvalue weighted by Crippen LogP contribution is 2.50. The third-order valence-electron chi connectivity index (χ3n) is 4.61. The largest absolute Gasteiger partial charge is 0.381 e. The summed E-state index contributed by atoms with van der Waals surface area (Å²) in [4.78, 5) is 0. The predicted molar refractivity (Wildman–Crippen MR) is 68.9 cm³/mol. The molecule has 0 bridgehead atoms. The number of nitrogens with one attached hydrogen (secondary N) is 1. The normalized spacial score (nSPS) is 26.4. The highest BCUT2D eigenvalue weighted by Gasteiger charge is 2.45. The highest BCUT2D eigenvalue weighted by atomic mass is 15.0. The molecule has 1 aliphatic carbocycles. The zero-order valence-electron chi connectivity index (χ0n) is 10.1. The summed E-state index contributed by atoms with van der Waals surface area (Å²) in [6.45, 7) is 2.32. The summed E-state index contributed by atoms with van der Waals surface area (Å²) in [6.07, 6.45) is 8.26. The standard InChI is InChI=1S/C15H21N/c1-2-14-15(10-6-3-7-11-15)12-8-4-5-9-13(12)16-14/h4-5,8-9,14,16H,2-3,6-7,10-11H2,1H3. The fourth-order valence-electron chi connectivity index (χ4n) is 3.85. The van der Waals surface area contributed by atoms with E-state index >= 15 is 0 Å².